The molecule has 0 aromatic heterocycles. The van der Waals surface area contributed by atoms with Crippen LogP contribution in [-0.2, 0) is 9.84 Å². The number of rotatable bonds is 4. The normalized spacial score (nSPS) is 30.7. The fourth-order valence-corrected chi connectivity index (χ4v) is 3.79. The molecule has 0 spiro atoms. The first-order valence-corrected chi connectivity index (χ1v) is 6.97. The SMILES string of the molecule is CCCNC1(C(F)F)CCCS(=O)(=O)C1. The molecule has 0 aromatic rings. The van der Waals surface area contributed by atoms with Crippen LogP contribution in [0.4, 0.5) is 8.78 Å². The zero-order valence-electron chi connectivity index (χ0n) is 8.80. The van der Waals surface area contributed by atoms with Gasteiger partial charge >= 0.3 is 0 Å². The van der Waals surface area contributed by atoms with Crippen molar-refractivity contribution in [1.82, 2.24) is 5.32 Å². The van der Waals surface area contributed by atoms with Crippen LogP contribution < -0.4 is 5.32 Å². The van der Waals surface area contributed by atoms with Crippen molar-refractivity contribution in [2.75, 3.05) is 18.1 Å². The van der Waals surface area contributed by atoms with Crippen molar-refractivity contribution in [3.05, 3.63) is 0 Å². The lowest BCUT2D eigenvalue weighted by molar-refractivity contribution is 0.0348. The van der Waals surface area contributed by atoms with Crippen LogP contribution in [0.5, 0.6) is 0 Å². The number of sulfone groups is 1. The molecule has 0 amide bonds. The molecule has 6 heteroatoms. The monoisotopic (exact) mass is 241 g/mol. The fraction of sp³-hybridized carbons (Fsp3) is 1.00. The smallest absolute Gasteiger partial charge is 0.257 e. The van der Waals surface area contributed by atoms with Crippen LogP contribution >= 0.6 is 0 Å². The Bertz CT molecular complexity index is 305. The van der Waals surface area contributed by atoms with Crippen LogP contribution in [-0.4, -0.2) is 38.4 Å². The van der Waals surface area contributed by atoms with Crippen LogP contribution in [0.25, 0.3) is 0 Å². The van der Waals surface area contributed by atoms with Gasteiger partial charge in [-0.15, -0.1) is 0 Å². The Morgan fingerprint density at radius 1 is 1.47 bits per heavy atom. The second kappa shape index (κ2) is 4.74. The van der Waals surface area contributed by atoms with Crippen molar-refractivity contribution in [3.8, 4) is 0 Å². The molecule has 1 N–H and O–H groups in total. The summed E-state index contributed by atoms with van der Waals surface area (Å²) in [5, 5.41) is 2.71. The van der Waals surface area contributed by atoms with Crippen LogP contribution in [0.2, 0.25) is 0 Å². The summed E-state index contributed by atoms with van der Waals surface area (Å²) in [4.78, 5) is 0. The summed E-state index contributed by atoms with van der Waals surface area (Å²) in [5.74, 6) is -0.396. The predicted molar refractivity (Wildman–Crippen MR) is 54.9 cm³/mol. The Balaban J connectivity index is 2.81. The fourth-order valence-electron chi connectivity index (χ4n) is 1.91. The molecular formula is C9H17F2NO2S. The molecule has 1 aliphatic rings. The van der Waals surface area contributed by atoms with E-state index in [4.69, 9.17) is 0 Å². The summed E-state index contributed by atoms with van der Waals surface area (Å²) < 4.78 is 48.6. The van der Waals surface area contributed by atoms with Gasteiger partial charge in [0.15, 0.2) is 9.84 Å². The highest BCUT2D eigenvalue weighted by molar-refractivity contribution is 7.91. The Morgan fingerprint density at radius 3 is 2.60 bits per heavy atom. The van der Waals surface area contributed by atoms with Gasteiger partial charge in [0.25, 0.3) is 6.43 Å². The standard InChI is InChI=1S/C9H17F2NO2S/c1-2-5-12-9(8(10)11)4-3-6-15(13,14)7-9/h8,12H,2-7H2,1H3. The average Bonchev–Trinajstić information content (AvgIpc) is 2.13. The van der Waals surface area contributed by atoms with E-state index in [0.717, 1.165) is 0 Å². The minimum Gasteiger partial charge on any atom is -0.306 e. The molecule has 0 radical (unpaired) electrons. The van der Waals surface area contributed by atoms with Crippen LogP contribution in [0.3, 0.4) is 0 Å². The molecule has 15 heavy (non-hydrogen) atoms. The summed E-state index contributed by atoms with van der Waals surface area (Å²) in [5.41, 5.74) is -1.51. The van der Waals surface area contributed by atoms with Crippen molar-refractivity contribution in [2.45, 2.75) is 38.2 Å². The second-order valence-electron chi connectivity index (χ2n) is 4.08. The van der Waals surface area contributed by atoms with Gasteiger partial charge in [-0.1, -0.05) is 6.92 Å². The van der Waals surface area contributed by atoms with Gasteiger partial charge in [-0.25, -0.2) is 17.2 Å². The number of halogens is 2. The summed E-state index contributed by atoms with van der Waals surface area (Å²) in [6.45, 7) is 2.29. The van der Waals surface area contributed by atoms with Crippen molar-refractivity contribution >= 4 is 9.84 Å². The quantitative estimate of drug-likeness (QED) is 0.804. The van der Waals surface area contributed by atoms with Crippen LogP contribution in [0, 0.1) is 0 Å². The third kappa shape index (κ3) is 3.11. The summed E-state index contributed by atoms with van der Waals surface area (Å²) in [6, 6.07) is 0. The number of hydrogen-bond donors (Lipinski definition) is 1. The lowest BCUT2D eigenvalue weighted by Crippen LogP contribution is -2.58. The highest BCUT2D eigenvalue weighted by Crippen LogP contribution is 2.29. The molecule has 1 unspecified atom stereocenters. The zero-order valence-corrected chi connectivity index (χ0v) is 9.62. The first-order valence-electron chi connectivity index (χ1n) is 5.15. The Kier molecular flexibility index (Phi) is 4.06. The summed E-state index contributed by atoms with van der Waals surface area (Å²) in [7, 11) is -3.31. The molecule has 0 aromatic carbocycles. The molecule has 1 aliphatic heterocycles. The first-order chi connectivity index (χ1) is 6.92. The van der Waals surface area contributed by atoms with Crippen molar-refractivity contribution in [3.63, 3.8) is 0 Å². The molecule has 1 heterocycles. The van der Waals surface area contributed by atoms with E-state index in [9.17, 15) is 17.2 Å². The maximum Gasteiger partial charge on any atom is 0.257 e. The van der Waals surface area contributed by atoms with Gasteiger partial charge in [-0.3, -0.25) is 0 Å². The maximum absolute atomic E-state index is 12.9. The van der Waals surface area contributed by atoms with E-state index in [1.807, 2.05) is 6.92 Å². The van der Waals surface area contributed by atoms with Crippen LogP contribution in [0.1, 0.15) is 26.2 Å². The molecule has 1 rings (SSSR count). The Morgan fingerprint density at radius 2 is 2.13 bits per heavy atom. The van der Waals surface area contributed by atoms with Gasteiger partial charge in [0, 0.05) is 0 Å². The summed E-state index contributed by atoms with van der Waals surface area (Å²) >= 11 is 0. The Hall–Kier alpha value is -0.230. The lowest BCUT2D eigenvalue weighted by Gasteiger charge is -2.37. The minimum absolute atomic E-state index is 0.0370. The third-order valence-electron chi connectivity index (χ3n) is 2.70. The Labute approximate surface area is 89.2 Å². The molecule has 0 bridgehead atoms. The predicted octanol–water partition coefficient (Wildman–Crippen LogP) is 1.20. The molecule has 1 atom stereocenters. The molecule has 0 aliphatic carbocycles. The molecule has 3 nitrogen and oxygen atoms in total. The first kappa shape index (κ1) is 12.8. The minimum atomic E-state index is -3.31. The van der Waals surface area contributed by atoms with Crippen molar-refractivity contribution in [2.24, 2.45) is 0 Å². The lowest BCUT2D eigenvalue weighted by atomic mass is 9.96. The van der Waals surface area contributed by atoms with Gasteiger partial charge < -0.3 is 5.32 Å². The number of alkyl halides is 2. The van der Waals surface area contributed by atoms with Crippen molar-refractivity contribution < 1.29 is 17.2 Å². The summed E-state index contributed by atoms with van der Waals surface area (Å²) in [6.07, 6.45) is -1.35. The van der Waals surface area contributed by atoms with E-state index < -0.39 is 27.6 Å². The van der Waals surface area contributed by atoms with E-state index >= 15 is 0 Å². The largest absolute Gasteiger partial charge is 0.306 e. The van der Waals surface area contributed by atoms with Gasteiger partial charge in [0.1, 0.15) is 0 Å². The number of nitrogens with one attached hydrogen (secondary N) is 1. The highest BCUT2D eigenvalue weighted by atomic mass is 32.2. The van der Waals surface area contributed by atoms with Gasteiger partial charge in [-0.05, 0) is 25.8 Å². The number of hydrogen-bond acceptors (Lipinski definition) is 3. The zero-order chi connectivity index (χ0) is 11.5. The average molecular weight is 241 g/mol. The molecule has 1 fully saturated rings. The molecule has 90 valence electrons. The van der Waals surface area contributed by atoms with Crippen molar-refractivity contribution in [1.29, 1.82) is 0 Å². The van der Waals surface area contributed by atoms with E-state index in [2.05, 4.69) is 5.32 Å². The van der Waals surface area contributed by atoms with Gasteiger partial charge in [0.05, 0.1) is 17.0 Å². The van der Waals surface area contributed by atoms with E-state index in [0.29, 0.717) is 19.4 Å². The second-order valence-corrected chi connectivity index (χ2v) is 6.26. The van der Waals surface area contributed by atoms with E-state index in [1.165, 1.54) is 0 Å². The van der Waals surface area contributed by atoms with Gasteiger partial charge in [0.2, 0.25) is 0 Å². The van der Waals surface area contributed by atoms with Crippen LogP contribution in [0.15, 0.2) is 0 Å². The van der Waals surface area contributed by atoms with E-state index in [1.54, 1.807) is 0 Å². The topological polar surface area (TPSA) is 46.2 Å². The van der Waals surface area contributed by atoms with Gasteiger partial charge in [-0.2, -0.15) is 0 Å². The van der Waals surface area contributed by atoms with E-state index in [-0.39, 0.29) is 12.2 Å². The third-order valence-corrected chi connectivity index (χ3v) is 4.57. The highest BCUT2D eigenvalue weighted by Gasteiger charge is 2.45. The molecule has 0 saturated carbocycles. The molecule has 1 saturated heterocycles. The maximum atomic E-state index is 12.9. The molecular weight excluding hydrogens is 224 g/mol.